The highest BCUT2D eigenvalue weighted by Gasteiger charge is 2.53. The molecule has 2 rings (SSSR count). The fourth-order valence-electron chi connectivity index (χ4n) is 3.68. The van der Waals surface area contributed by atoms with Crippen LogP contribution in [-0.4, -0.2) is 35.7 Å². The number of carbonyl (C=O) groups excluding carboxylic acids is 1. The Bertz CT molecular complexity index is 449. The molecule has 24 heavy (non-hydrogen) atoms. The Morgan fingerprint density at radius 2 is 1.46 bits per heavy atom. The summed E-state index contributed by atoms with van der Waals surface area (Å²) < 4.78 is 5.53. The van der Waals surface area contributed by atoms with E-state index in [1.807, 2.05) is 6.08 Å². The average Bonchev–Trinajstić information content (AvgIpc) is 3.17. The molecule has 0 unspecified atom stereocenters. The van der Waals surface area contributed by atoms with Crippen molar-refractivity contribution in [2.24, 2.45) is 11.8 Å². The van der Waals surface area contributed by atoms with Gasteiger partial charge in [-0.25, -0.2) is 0 Å². The maximum Gasteiger partial charge on any atom is 0.310 e. The lowest BCUT2D eigenvalue weighted by Crippen LogP contribution is -2.42. The second-order valence-corrected chi connectivity index (χ2v) is 6.96. The molecule has 2 N–H and O–H groups in total. The van der Waals surface area contributed by atoms with Gasteiger partial charge in [0.25, 0.3) is 0 Å². The van der Waals surface area contributed by atoms with Crippen molar-refractivity contribution in [2.45, 2.75) is 76.9 Å². The summed E-state index contributed by atoms with van der Waals surface area (Å²) in [7, 11) is 0. The van der Waals surface area contributed by atoms with Crippen molar-refractivity contribution >= 4 is 11.9 Å². The quantitative estimate of drug-likeness (QED) is 0.423. The third-order valence-corrected chi connectivity index (χ3v) is 5.07. The van der Waals surface area contributed by atoms with Crippen molar-refractivity contribution in [3.63, 3.8) is 0 Å². The van der Waals surface area contributed by atoms with Gasteiger partial charge in [-0.3, -0.25) is 9.59 Å². The number of rotatable bonds is 12. The number of carboxylic acids is 1. The molecule has 1 saturated heterocycles. The van der Waals surface area contributed by atoms with E-state index < -0.39 is 23.9 Å². The summed E-state index contributed by atoms with van der Waals surface area (Å²) in [5, 5.41) is 12.2. The number of unbranched alkanes of at least 4 members (excludes halogenated alkanes) is 8. The molecular formula is C19H31NO4. The Balaban J connectivity index is 1.55. The number of hydrogen-bond acceptors (Lipinski definition) is 3. The van der Waals surface area contributed by atoms with Crippen molar-refractivity contribution in [1.82, 2.24) is 5.32 Å². The van der Waals surface area contributed by atoms with Crippen molar-refractivity contribution in [3.05, 3.63) is 12.2 Å². The maximum atomic E-state index is 12.3. The van der Waals surface area contributed by atoms with Gasteiger partial charge < -0.3 is 15.2 Å². The fraction of sp³-hybridized carbons (Fsp3) is 0.789. The van der Waals surface area contributed by atoms with Gasteiger partial charge in [-0.15, -0.1) is 0 Å². The van der Waals surface area contributed by atoms with Gasteiger partial charge in [0.15, 0.2) is 0 Å². The third kappa shape index (κ3) is 5.07. The topological polar surface area (TPSA) is 75.6 Å². The van der Waals surface area contributed by atoms with Crippen LogP contribution in [0.5, 0.6) is 0 Å². The molecule has 0 saturated carbocycles. The van der Waals surface area contributed by atoms with Crippen LogP contribution in [0.3, 0.4) is 0 Å². The highest BCUT2D eigenvalue weighted by molar-refractivity contribution is 5.87. The van der Waals surface area contributed by atoms with Gasteiger partial charge in [0.2, 0.25) is 5.91 Å². The molecule has 2 aliphatic rings. The largest absolute Gasteiger partial charge is 0.481 e. The van der Waals surface area contributed by atoms with E-state index in [2.05, 4.69) is 12.2 Å². The van der Waals surface area contributed by atoms with Gasteiger partial charge in [-0.05, 0) is 6.42 Å². The molecule has 1 amide bonds. The van der Waals surface area contributed by atoms with Gasteiger partial charge in [0, 0.05) is 6.54 Å². The first kappa shape index (κ1) is 19.0. The number of amides is 1. The highest BCUT2D eigenvalue weighted by atomic mass is 16.5. The minimum atomic E-state index is -0.949. The van der Waals surface area contributed by atoms with Gasteiger partial charge >= 0.3 is 5.97 Å². The van der Waals surface area contributed by atoms with E-state index in [1.165, 1.54) is 44.9 Å². The predicted octanol–water partition coefficient (Wildman–Crippen LogP) is 3.29. The van der Waals surface area contributed by atoms with Crippen LogP contribution in [0.4, 0.5) is 0 Å². The molecular weight excluding hydrogens is 306 g/mol. The van der Waals surface area contributed by atoms with Crippen LogP contribution in [0, 0.1) is 11.8 Å². The Labute approximate surface area is 144 Å². The molecule has 0 spiro atoms. The standard InChI is InChI=1S/C19H31NO4/c1-2-3-4-5-6-7-8-9-10-13-20-18(21)16-14-11-12-15(24-14)17(16)19(22)23/h11-12,14-17H,2-10,13H2,1H3,(H,20,21)(H,22,23)/t14-,15+,16-,17-/m0/s1. The normalized spacial score (nSPS) is 27.5. The van der Waals surface area contributed by atoms with Crippen LogP contribution >= 0.6 is 0 Å². The average molecular weight is 337 g/mol. The molecule has 5 heteroatoms. The minimum Gasteiger partial charge on any atom is -0.481 e. The number of carbonyl (C=O) groups is 2. The second-order valence-electron chi connectivity index (χ2n) is 6.96. The molecule has 2 bridgehead atoms. The summed E-state index contributed by atoms with van der Waals surface area (Å²) in [5.74, 6) is -2.46. The number of ether oxygens (including phenoxy) is 1. The van der Waals surface area contributed by atoms with Crippen molar-refractivity contribution < 1.29 is 19.4 Å². The van der Waals surface area contributed by atoms with Crippen LogP contribution in [0.25, 0.3) is 0 Å². The minimum absolute atomic E-state index is 0.182. The lowest BCUT2D eigenvalue weighted by molar-refractivity contribution is -0.146. The van der Waals surface area contributed by atoms with Gasteiger partial charge in [-0.1, -0.05) is 70.4 Å². The van der Waals surface area contributed by atoms with Crippen LogP contribution < -0.4 is 5.32 Å². The van der Waals surface area contributed by atoms with E-state index in [-0.39, 0.29) is 12.0 Å². The molecule has 136 valence electrons. The number of fused-ring (bicyclic) bond motifs is 2. The third-order valence-electron chi connectivity index (χ3n) is 5.07. The Morgan fingerprint density at radius 1 is 0.917 bits per heavy atom. The molecule has 5 nitrogen and oxygen atoms in total. The molecule has 4 atom stereocenters. The summed E-state index contributed by atoms with van der Waals surface area (Å²) in [4.78, 5) is 23.7. The first-order chi connectivity index (χ1) is 11.6. The Hall–Kier alpha value is -1.36. The number of carboxylic acid groups (broad SMARTS) is 1. The Morgan fingerprint density at radius 3 is 2.04 bits per heavy atom. The van der Waals surface area contributed by atoms with Crippen molar-refractivity contribution in [1.29, 1.82) is 0 Å². The fourth-order valence-corrected chi connectivity index (χ4v) is 3.68. The monoisotopic (exact) mass is 337 g/mol. The lowest BCUT2D eigenvalue weighted by Gasteiger charge is -2.20. The van der Waals surface area contributed by atoms with E-state index in [0.717, 1.165) is 12.8 Å². The SMILES string of the molecule is CCCCCCCCCCCNC(=O)[C@@H]1[C@@H](C(=O)O)[C@H]2C=C[C@@H]1O2. The first-order valence-corrected chi connectivity index (χ1v) is 9.49. The zero-order chi connectivity index (χ0) is 17.4. The smallest absolute Gasteiger partial charge is 0.310 e. The molecule has 0 aliphatic carbocycles. The molecule has 0 radical (unpaired) electrons. The number of hydrogen-bond donors (Lipinski definition) is 2. The van der Waals surface area contributed by atoms with Crippen molar-refractivity contribution in [3.8, 4) is 0 Å². The Kier molecular flexibility index (Phi) is 7.76. The molecule has 0 aromatic carbocycles. The zero-order valence-electron chi connectivity index (χ0n) is 14.7. The number of aliphatic carboxylic acids is 1. The highest BCUT2D eigenvalue weighted by Crippen LogP contribution is 2.39. The van der Waals surface area contributed by atoms with E-state index in [4.69, 9.17) is 4.74 Å². The van der Waals surface area contributed by atoms with E-state index in [0.29, 0.717) is 6.54 Å². The predicted molar refractivity (Wildman–Crippen MR) is 92.7 cm³/mol. The summed E-state index contributed by atoms with van der Waals surface area (Å²) in [6, 6.07) is 0. The molecule has 2 heterocycles. The lowest BCUT2D eigenvalue weighted by atomic mass is 9.82. The maximum absolute atomic E-state index is 12.3. The van der Waals surface area contributed by atoms with Gasteiger partial charge in [0.1, 0.15) is 5.92 Å². The van der Waals surface area contributed by atoms with Crippen LogP contribution in [0.2, 0.25) is 0 Å². The zero-order valence-corrected chi connectivity index (χ0v) is 14.7. The van der Waals surface area contributed by atoms with E-state index >= 15 is 0 Å². The summed E-state index contributed by atoms with van der Waals surface area (Å²) >= 11 is 0. The van der Waals surface area contributed by atoms with Crippen LogP contribution in [-0.2, 0) is 14.3 Å². The van der Waals surface area contributed by atoms with Crippen LogP contribution in [0.15, 0.2) is 12.2 Å². The van der Waals surface area contributed by atoms with Gasteiger partial charge in [0.05, 0.1) is 18.1 Å². The van der Waals surface area contributed by atoms with Gasteiger partial charge in [-0.2, -0.15) is 0 Å². The van der Waals surface area contributed by atoms with Crippen molar-refractivity contribution in [2.75, 3.05) is 6.54 Å². The molecule has 0 aromatic heterocycles. The summed E-state index contributed by atoms with van der Waals surface area (Å²) in [5.41, 5.74) is 0. The molecule has 2 aliphatic heterocycles. The van der Waals surface area contributed by atoms with E-state index in [1.54, 1.807) is 6.08 Å². The second kappa shape index (κ2) is 9.82. The molecule has 0 aromatic rings. The first-order valence-electron chi connectivity index (χ1n) is 9.49. The summed E-state index contributed by atoms with van der Waals surface area (Å²) in [6.45, 7) is 2.85. The summed E-state index contributed by atoms with van der Waals surface area (Å²) in [6.07, 6.45) is 13.9. The molecule has 1 fully saturated rings. The van der Waals surface area contributed by atoms with Crippen LogP contribution in [0.1, 0.15) is 64.7 Å². The van der Waals surface area contributed by atoms with E-state index in [9.17, 15) is 14.7 Å². The number of nitrogens with one attached hydrogen (secondary N) is 1.